The molecule has 2 rings (SSSR count). The SMILES string of the molecule is COc1ccccc1OCCNC(=O)Nc1ccc(F)c(F)c1F. The number of urea groups is 1. The van der Waals surface area contributed by atoms with E-state index in [1.54, 1.807) is 24.3 Å². The lowest BCUT2D eigenvalue weighted by molar-refractivity contribution is 0.246. The molecule has 2 aromatic carbocycles. The summed E-state index contributed by atoms with van der Waals surface area (Å²) in [5.74, 6) is -3.38. The van der Waals surface area contributed by atoms with Crippen molar-refractivity contribution < 1.29 is 27.4 Å². The third kappa shape index (κ3) is 4.31. The average molecular weight is 340 g/mol. The van der Waals surface area contributed by atoms with E-state index in [0.29, 0.717) is 11.5 Å². The van der Waals surface area contributed by atoms with Gasteiger partial charge in [0.15, 0.2) is 29.0 Å². The van der Waals surface area contributed by atoms with Gasteiger partial charge in [-0.3, -0.25) is 0 Å². The van der Waals surface area contributed by atoms with E-state index in [-0.39, 0.29) is 13.2 Å². The molecule has 0 unspecified atom stereocenters. The van der Waals surface area contributed by atoms with E-state index in [4.69, 9.17) is 9.47 Å². The molecule has 2 N–H and O–H groups in total. The molecule has 128 valence electrons. The minimum Gasteiger partial charge on any atom is -0.493 e. The molecule has 0 aliphatic rings. The number of carbonyl (C=O) groups is 1. The number of ether oxygens (including phenoxy) is 2. The van der Waals surface area contributed by atoms with Gasteiger partial charge in [0, 0.05) is 0 Å². The molecule has 0 bridgehead atoms. The predicted molar refractivity (Wildman–Crippen MR) is 81.8 cm³/mol. The zero-order valence-electron chi connectivity index (χ0n) is 12.7. The minimum absolute atomic E-state index is 0.106. The summed E-state index contributed by atoms with van der Waals surface area (Å²) in [5, 5.41) is 4.49. The summed E-state index contributed by atoms with van der Waals surface area (Å²) in [6.07, 6.45) is 0. The first kappa shape index (κ1) is 17.5. The summed E-state index contributed by atoms with van der Waals surface area (Å²) >= 11 is 0. The fraction of sp³-hybridized carbons (Fsp3) is 0.188. The third-order valence-corrected chi connectivity index (χ3v) is 3.00. The topological polar surface area (TPSA) is 59.6 Å². The highest BCUT2D eigenvalue weighted by molar-refractivity contribution is 5.89. The van der Waals surface area contributed by atoms with Gasteiger partial charge in [0.05, 0.1) is 19.3 Å². The van der Waals surface area contributed by atoms with Crippen molar-refractivity contribution in [3.05, 3.63) is 53.8 Å². The fourth-order valence-corrected chi connectivity index (χ4v) is 1.85. The first-order valence-electron chi connectivity index (χ1n) is 6.97. The summed E-state index contributed by atoms with van der Waals surface area (Å²) in [5.41, 5.74) is -0.461. The van der Waals surface area contributed by atoms with Crippen molar-refractivity contribution in [2.45, 2.75) is 0 Å². The molecule has 0 aliphatic carbocycles. The Kier molecular flexibility index (Phi) is 5.89. The van der Waals surface area contributed by atoms with Crippen molar-refractivity contribution >= 4 is 11.7 Å². The molecule has 5 nitrogen and oxygen atoms in total. The van der Waals surface area contributed by atoms with Crippen LogP contribution in [-0.2, 0) is 0 Å². The molecule has 0 heterocycles. The predicted octanol–water partition coefficient (Wildman–Crippen LogP) is 3.31. The number of carbonyl (C=O) groups excluding carboxylic acids is 1. The first-order valence-corrected chi connectivity index (χ1v) is 6.97. The second kappa shape index (κ2) is 8.09. The van der Waals surface area contributed by atoms with Crippen LogP contribution in [0.3, 0.4) is 0 Å². The van der Waals surface area contributed by atoms with Crippen LogP contribution in [0.5, 0.6) is 11.5 Å². The molecule has 0 fully saturated rings. The van der Waals surface area contributed by atoms with Crippen molar-refractivity contribution in [2.24, 2.45) is 0 Å². The number of hydrogen-bond donors (Lipinski definition) is 2. The van der Waals surface area contributed by atoms with E-state index in [1.165, 1.54) is 7.11 Å². The number of methoxy groups -OCH3 is 1. The maximum absolute atomic E-state index is 13.4. The van der Waals surface area contributed by atoms with Gasteiger partial charge in [0.2, 0.25) is 0 Å². The Bertz CT molecular complexity index is 726. The molecule has 0 radical (unpaired) electrons. The van der Waals surface area contributed by atoms with Gasteiger partial charge >= 0.3 is 6.03 Å². The van der Waals surface area contributed by atoms with Gasteiger partial charge in [-0.2, -0.15) is 0 Å². The Morgan fingerprint density at radius 1 is 1.04 bits per heavy atom. The highest BCUT2D eigenvalue weighted by Crippen LogP contribution is 2.25. The van der Waals surface area contributed by atoms with Gasteiger partial charge in [0.1, 0.15) is 6.61 Å². The Hall–Kier alpha value is -2.90. The van der Waals surface area contributed by atoms with Crippen molar-refractivity contribution in [3.8, 4) is 11.5 Å². The van der Waals surface area contributed by atoms with Gasteiger partial charge in [-0.05, 0) is 24.3 Å². The summed E-state index contributed by atoms with van der Waals surface area (Å²) in [7, 11) is 1.50. The molecular formula is C16H15F3N2O3. The summed E-state index contributed by atoms with van der Waals surface area (Å²) < 4.78 is 49.8. The van der Waals surface area contributed by atoms with Crippen LogP contribution in [0.2, 0.25) is 0 Å². The number of para-hydroxylation sites is 2. The zero-order chi connectivity index (χ0) is 17.5. The number of anilines is 1. The van der Waals surface area contributed by atoms with E-state index in [1.807, 2.05) is 0 Å². The van der Waals surface area contributed by atoms with E-state index >= 15 is 0 Å². The molecule has 0 saturated heterocycles. The molecule has 2 amide bonds. The number of nitrogens with one attached hydrogen (secondary N) is 2. The van der Waals surface area contributed by atoms with Gasteiger partial charge in [0.25, 0.3) is 0 Å². The maximum atomic E-state index is 13.4. The van der Waals surface area contributed by atoms with Crippen LogP contribution in [0.15, 0.2) is 36.4 Å². The number of halogens is 3. The molecular weight excluding hydrogens is 325 g/mol. The fourth-order valence-electron chi connectivity index (χ4n) is 1.85. The van der Waals surface area contributed by atoms with Crippen LogP contribution in [0.4, 0.5) is 23.7 Å². The normalized spacial score (nSPS) is 10.2. The molecule has 0 saturated carbocycles. The van der Waals surface area contributed by atoms with Gasteiger partial charge in [-0.1, -0.05) is 12.1 Å². The maximum Gasteiger partial charge on any atom is 0.319 e. The molecule has 0 spiro atoms. The monoisotopic (exact) mass is 340 g/mol. The Labute approximate surface area is 136 Å². The van der Waals surface area contributed by atoms with Crippen molar-refractivity contribution in [3.63, 3.8) is 0 Å². The van der Waals surface area contributed by atoms with Crippen LogP contribution in [-0.4, -0.2) is 26.3 Å². The molecule has 0 atom stereocenters. The Balaban J connectivity index is 1.81. The molecule has 8 heteroatoms. The zero-order valence-corrected chi connectivity index (χ0v) is 12.7. The quantitative estimate of drug-likeness (QED) is 0.626. The van der Waals surface area contributed by atoms with Crippen molar-refractivity contribution in [1.29, 1.82) is 0 Å². The lowest BCUT2D eigenvalue weighted by Crippen LogP contribution is -2.32. The average Bonchev–Trinajstić information content (AvgIpc) is 2.59. The molecule has 0 aromatic heterocycles. The lowest BCUT2D eigenvalue weighted by atomic mass is 10.3. The summed E-state index contributed by atoms with van der Waals surface area (Å²) in [6, 6.07) is 7.86. The van der Waals surface area contributed by atoms with Crippen molar-refractivity contribution in [1.82, 2.24) is 5.32 Å². The van der Waals surface area contributed by atoms with Gasteiger partial charge in [-0.25, -0.2) is 18.0 Å². The standard InChI is InChI=1S/C16H15F3N2O3/c1-23-12-4-2-3-5-13(12)24-9-8-20-16(22)21-11-7-6-10(17)14(18)15(11)19/h2-7H,8-9H2,1H3,(H2,20,21,22). The lowest BCUT2D eigenvalue weighted by Gasteiger charge is -2.11. The molecule has 2 aromatic rings. The van der Waals surface area contributed by atoms with Gasteiger partial charge < -0.3 is 20.1 Å². The second-order valence-corrected chi connectivity index (χ2v) is 4.60. The Morgan fingerprint density at radius 3 is 2.46 bits per heavy atom. The van der Waals surface area contributed by atoms with Crippen LogP contribution >= 0.6 is 0 Å². The highest BCUT2D eigenvalue weighted by atomic mass is 19.2. The number of rotatable bonds is 6. The third-order valence-electron chi connectivity index (χ3n) is 3.00. The number of hydrogen-bond acceptors (Lipinski definition) is 3. The second-order valence-electron chi connectivity index (χ2n) is 4.60. The number of amides is 2. The van der Waals surface area contributed by atoms with E-state index < -0.39 is 29.2 Å². The number of benzene rings is 2. The van der Waals surface area contributed by atoms with Crippen LogP contribution < -0.4 is 20.1 Å². The minimum atomic E-state index is -1.65. The van der Waals surface area contributed by atoms with E-state index in [0.717, 1.165) is 12.1 Å². The van der Waals surface area contributed by atoms with Crippen LogP contribution in [0.25, 0.3) is 0 Å². The summed E-state index contributed by atoms with van der Waals surface area (Å²) in [4.78, 5) is 11.6. The van der Waals surface area contributed by atoms with Crippen LogP contribution in [0, 0.1) is 17.5 Å². The Morgan fingerprint density at radius 2 is 1.75 bits per heavy atom. The van der Waals surface area contributed by atoms with E-state index in [2.05, 4.69) is 10.6 Å². The summed E-state index contributed by atoms with van der Waals surface area (Å²) in [6.45, 7) is 0.239. The first-order chi connectivity index (χ1) is 11.5. The van der Waals surface area contributed by atoms with Crippen LogP contribution in [0.1, 0.15) is 0 Å². The van der Waals surface area contributed by atoms with Crippen molar-refractivity contribution in [2.75, 3.05) is 25.6 Å². The molecule has 24 heavy (non-hydrogen) atoms. The smallest absolute Gasteiger partial charge is 0.319 e. The largest absolute Gasteiger partial charge is 0.493 e. The van der Waals surface area contributed by atoms with E-state index in [9.17, 15) is 18.0 Å². The highest BCUT2D eigenvalue weighted by Gasteiger charge is 2.14. The molecule has 0 aliphatic heterocycles. The van der Waals surface area contributed by atoms with Gasteiger partial charge in [-0.15, -0.1) is 0 Å².